The number of nitrogens with two attached hydrogens (primary N) is 1. The highest BCUT2D eigenvalue weighted by Crippen LogP contribution is 2.18. The van der Waals surface area contributed by atoms with Crippen molar-refractivity contribution in [2.24, 2.45) is 5.73 Å². The van der Waals surface area contributed by atoms with Gasteiger partial charge in [-0.1, -0.05) is 11.2 Å². The van der Waals surface area contributed by atoms with E-state index in [0.717, 1.165) is 25.8 Å². The molecule has 23 heavy (non-hydrogen) atoms. The molecule has 0 aromatic carbocycles. The average molecular weight is 315 g/mol. The van der Waals surface area contributed by atoms with E-state index < -0.39 is 0 Å². The second-order valence-electron chi connectivity index (χ2n) is 5.70. The number of amides is 1. The molecule has 0 bridgehead atoms. The molecule has 0 spiro atoms. The fourth-order valence-electron chi connectivity index (χ4n) is 2.89. The Morgan fingerprint density at radius 1 is 1.39 bits per heavy atom. The van der Waals surface area contributed by atoms with Gasteiger partial charge in [0.15, 0.2) is 0 Å². The smallest absolute Gasteiger partial charge is 0.227 e. The molecule has 3 rings (SSSR count). The van der Waals surface area contributed by atoms with Gasteiger partial charge < -0.3 is 15.2 Å². The van der Waals surface area contributed by atoms with Crippen LogP contribution in [0.1, 0.15) is 31.6 Å². The molecular weight excluding hydrogens is 294 g/mol. The number of pyridine rings is 1. The van der Waals surface area contributed by atoms with Gasteiger partial charge in [-0.05, 0) is 31.4 Å². The third-order valence-corrected chi connectivity index (χ3v) is 4.13. The molecule has 1 atom stereocenters. The first-order chi connectivity index (χ1) is 11.3. The van der Waals surface area contributed by atoms with Gasteiger partial charge in [-0.2, -0.15) is 4.98 Å². The van der Waals surface area contributed by atoms with Crippen LogP contribution in [0.25, 0.3) is 11.5 Å². The number of rotatable bonds is 5. The van der Waals surface area contributed by atoms with E-state index in [1.54, 1.807) is 6.20 Å². The predicted octanol–water partition coefficient (Wildman–Crippen LogP) is 1.40. The molecule has 1 aliphatic heterocycles. The van der Waals surface area contributed by atoms with E-state index in [-0.39, 0.29) is 11.9 Å². The summed E-state index contributed by atoms with van der Waals surface area (Å²) in [5, 5.41) is 3.91. The Morgan fingerprint density at radius 2 is 2.30 bits per heavy atom. The monoisotopic (exact) mass is 315 g/mol. The van der Waals surface area contributed by atoms with E-state index in [2.05, 4.69) is 15.1 Å². The zero-order chi connectivity index (χ0) is 16.1. The highest BCUT2D eigenvalue weighted by atomic mass is 16.5. The minimum Gasteiger partial charge on any atom is -0.339 e. The van der Waals surface area contributed by atoms with E-state index in [4.69, 9.17) is 10.3 Å². The first-order valence-electron chi connectivity index (χ1n) is 8.01. The Hall–Kier alpha value is -2.28. The minimum atomic E-state index is 0.109. The van der Waals surface area contributed by atoms with E-state index in [1.807, 2.05) is 23.1 Å². The topological polar surface area (TPSA) is 98.1 Å². The summed E-state index contributed by atoms with van der Waals surface area (Å²) in [5.41, 5.74) is 6.42. The third-order valence-electron chi connectivity index (χ3n) is 4.13. The summed E-state index contributed by atoms with van der Waals surface area (Å²) >= 11 is 0. The summed E-state index contributed by atoms with van der Waals surface area (Å²) in [6.07, 6.45) is 5.66. The number of carbonyl (C=O) groups is 1. The lowest BCUT2D eigenvalue weighted by Gasteiger charge is -2.35. The molecule has 0 radical (unpaired) electrons. The maximum Gasteiger partial charge on any atom is 0.227 e. The van der Waals surface area contributed by atoms with Crippen LogP contribution in [0.15, 0.2) is 28.9 Å². The molecule has 3 heterocycles. The van der Waals surface area contributed by atoms with Crippen molar-refractivity contribution < 1.29 is 9.32 Å². The highest BCUT2D eigenvalue weighted by molar-refractivity contribution is 5.76. The second kappa shape index (κ2) is 7.32. The van der Waals surface area contributed by atoms with Crippen molar-refractivity contribution in [2.45, 2.75) is 38.1 Å². The normalized spacial score (nSPS) is 18.1. The zero-order valence-electron chi connectivity index (χ0n) is 13.0. The largest absolute Gasteiger partial charge is 0.339 e. The van der Waals surface area contributed by atoms with Crippen LogP contribution in [0.5, 0.6) is 0 Å². The molecule has 2 aromatic heterocycles. The van der Waals surface area contributed by atoms with E-state index in [9.17, 15) is 4.79 Å². The molecule has 1 aliphatic rings. The minimum absolute atomic E-state index is 0.109. The number of aromatic nitrogens is 3. The molecule has 2 aromatic rings. The van der Waals surface area contributed by atoms with Crippen molar-refractivity contribution in [1.29, 1.82) is 0 Å². The van der Waals surface area contributed by atoms with Crippen LogP contribution < -0.4 is 5.73 Å². The number of hydrogen-bond donors (Lipinski definition) is 1. The van der Waals surface area contributed by atoms with Crippen LogP contribution in [-0.4, -0.2) is 45.1 Å². The number of carbonyl (C=O) groups excluding carboxylic acids is 1. The van der Waals surface area contributed by atoms with Crippen LogP contribution >= 0.6 is 0 Å². The average Bonchev–Trinajstić information content (AvgIpc) is 3.09. The maximum absolute atomic E-state index is 12.4. The van der Waals surface area contributed by atoms with Gasteiger partial charge in [-0.25, -0.2) is 0 Å². The summed E-state index contributed by atoms with van der Waals surface area (Å²) in [7, 11) is 0. The van der Waals surface area contributed by atoms with Crippen molar-refractivity contribution in [2.75, 3.05) is 13.1 Å². The standard InChI is InChI=1S/C16H21N5O2/c17-11-12-5-2-4-10-21(12)15(22)8-7-14-19-16(20-23-14)13-6-1-3-9-18-13/h1,3,6,9,12H,2,4-5,7-8,10-11,17H2. The van der Waals surface area contributed by atoms with E-state index >= 15 is 0 Å². The highest BCUT2D eigenvalue weighted by Gasteiger charge is 2.25. The van der Waals surface area contributed by atoms with Crippen LogP contribution in [0.3, 0.4) is 0 Å². The molecule has 1 saturated heterocycles. The van der Waals surface area contributed by atoms with Crippen LogP contribution in [-0.2, 0) is 11.2 Å². The molecule has 1 fully saturated rings. The molecule has 122 valence electrons. The van der Waals surface area contributed by atoms with Gasteiger partial charge >= 0.3 is 0 Å². The van der Waals surface area contributed by atoms with Gasteiger partial charge in [0.05, 0.1) is 0 Å². The lowest BCUT2D eigenvalue weighted by Crippen LogP contribution is -2.47. The molecule has 1 unspecified atom stereocenters. The lowest BCUT2D eigenvalue weighted by molar-refractivity contribution is -0.134. The van der Waals surface area contributed by atoms with Gasteiger partial charge in [0.1, 0.15) is 5.69 Å². The Bertz CT molecular complexity index is 643. The molecule has 2 N–H and O–H groups in total. The molecule has 0 aliphatic carbocycles. The van der Waals surface area contributed by atoms with Crippen molar-refractivity contribution >= 4 is 5.91 Å². The maximum atomic E-state index is 12.4. The van der Waals surface area contributed by atoms with Crippen molar-refractivity contribution in [3.05, 3.63) is 30.3 Å². The first kappa shape index (κ1) is 15.6. The van der Waals surface area contributed by atoms with Crippen LogP contribution in [0, 0.1) is 0 Å². The van der Waals surface area contributed by atoms with Gasteiger partial charge in [-0.15, -0.1) is 0 Å². The van der Waals surface area contributed by atoms with E-state index in [0.29, 0.717) is 36.8 Å². The number of likely N-dealkylation sites (tertiary alicyclic amines) is 1. The molecule has 7 nitrogen and oxygen atoms in total. The van der Waals surface area contributed by atoms with Crippen LogP contribution in [0.4, 0.5) is 0 Å². The molecule has 7 heteroatoms. The van der Waals surface area contributed by atoms with Gasteiger partial charge in [-0.3, -0.25) is 9.78 Å². The number of hydrogen-bond acceptors (Lipinski definition) is 6. The quantitative estimate of drug-likeness (QED) is 0.895. The van der Waals surface area contributed by atoms with E-state index in [1.165, 1.54) is 0 Å². The SMILES string of the molecule is NCC1CCCCN1C(=O)CCc1nc(-c2ccccn2)no1. The number of aryl methyl sites for hydroxylation is 1. The Balaban J connectivity index is 1.58. The van der Waals surface area contributed by atoms with Gasteiger partial charge in [0.25, 0.3) is 0 Å². The van der Waals surface area contributed by atoms with Gasteiger partial charge in [0, 0.05) is 38.2 Å². The zero-order valence-corrected chi connectivity index (χ0v) is 13.0. The predicted molar refractivity (Wildman–Crippen MR) is 84.3 cm³/mol. The fourth-order valence-corrected chi connectivity index (χ4v) is 2.89. The Labute approximate surface area is 134 Å². The second-order valence-corrected chi connectivity index (χ2v) is 5.70. The van der Waals surface area contributed by atoms with Crippen LogP contribution in [0.2, 0.25) is 0 Å². The van der Waals surface area contributed by atoms with Crippen molar-refractivity contribution in [3.8, 4) is 11.5 Å². The van der Waals surface area contributed by atoms with Gasteiger partial charge in [0.2, 0.25) is 17.6 Å². The summed E-state index contributed by atoms with van der Waals surface area (Å²) < 4.78 is 5.21. The molecule has 1 amide bonds. The summed E-state index contributed by atoms with van der Waals surface area (Å²) in [6.45, 7) is 1.32. The Morgan fingerprint density at radius 3 is 3.09 bits per heavy atom. The molecule has 0 saturated carbocycles. The number of piperidine rings is 1. The summed E-state index contributed by atoms with van der Waals surface area (Å²) in [5.74, 6) is 1.02. The summed E-state index contributed by atoms with van der Waals surface area (Å²) in [6, 6.07) is 5.68. The fraction of sp³-hybridized carbons (Fsp3) is 0.500. The Kier molecular flexibility index (Phi) is 4.97. The first-order valence-corrected chi connectivity index (χ1v) is 8.01. The lowest BCUT2D eigenvalue weighted by atomic mass is 10.0. The molecular formula is C16H21N5O2. The van der Waals surface area contributed by atoms with Crippen molar-refractivity contribution in [3.63, 3.8) is 0 Å². The third kappa shape index (κ3) is 3.73. The van der Waals surface area contributed by atoms with Crippen molar-refractivity contribution in [1.82, 2.24) is 20.0 Å². The summed E-state index contributed by atoms with van der Waals surface area (Å²) in [4.78, 5) is 22.8. The number of nitrogens with zero attached hydrogens (tertiary/aromatic N) is 4.